The molecule has 0 saturated carbocycles. The second kappa shape index (κ2) is 22.4. The molecule has 4 atom stereocenters. The third-order valence-corrected chi connectivity index (χ3v) is 9.05. The molecular weight excluding hydrogens is 741 g/mol. The van der Waals surface area contributed by atoms with Gasteiger partial charge in [-0.2, -0.15) is 0 Å². The topological polar surface area (TPSA) is 133 Å². The van der Waals surface area contributed by atoms with Gasteiger partial charge in [-0.05, 0) is 130 Å². The first-order valence-corrected chi connectivity index (χ1v) is 19.8. The molecule has 11 nitrogen and oxygen atoms in total. The normalized spacial score (nSPS) is 13.3. The van der Waals surface area contributed by atoms with Crippen LogP contribution in [0.15, 0.2) is 97.1 Å². The summed E-state index contributed by atoms with van der Waals surface area (Å²) >= 11 is 0. The molecule has 0 aromatic heterocycles. The predicted octanol–water partition coefficient (Wildman–Crippen LogP) is 9.41. The Bertz CT molecular complexity index is 1900. The lowest BCUT2D eigenvalue weighted by molar-refractivity contribution is -0.155. The second-order valence-corrected chi connectivity index (χ2v) is 15.0. The molecule has 0 spiro atoms. The SMILES string of the molecule is CCOC(=O)c1ccc(-c2ccc(OC(=O)c3ccc(OC(=O)c4ccc(OC(C)COC(C)COC(C)COC(=O)C(CC(C)C)C(C)C)cc4)cc3)cc2)cc1. The van der Waals surface area contributed by atoms with E-state index in [0.717, 1.165) is 17.5 Å². The summed E-state index contributed by atoms with van der Waals surface area (Å²) in [5, 5.41) is 0. The van der Waals surface area contributed by atoms with Gasteiger partial charge in [0.05, 0.1) is 54.6 Å². The van der Waals surface area contributed by atoms with Gasteiger partial charge in [0.25, 0.3) is 0 Å². The Labute approximate surface area is 341 Å². The van der Waals surface area contributed by atoms with Crippen LogP contribution in [0.1, 0.15) is 92.9 Å². The molecule has 0 amide bonds. The quantitative estimate of drug-likeness (QED) is 0.0590. The van der Waals surface area contributed by atoms with Crippen molar-refractivity contribution in [1.82, 2.24) is 0 Å². The first-order valence-electron chi connectivity index (χ1n) is 19.8. The average Bonchev–Trinajstić information content (AvgIpc) is 3.21. The van der Waals surface area contributed by atoms with Crippen molar-refractivity contribution in [1.29, 1.82) is 0 Å². The van der Waals surface area contributed by atoms with Gasteiger partial charge in [-0.1, -0.05) is 52.0 Å². The van der Waals surface area contributed by atoms with E-state index in [1.165, 1.54) is 24.3 Å². The number of rotatable bonds is 21. The molecule has 4 aromatic rings. The lowest BCUT2D eigenvalue weighted by atomic mass is 9.88. The van der Waals surface area contributed by atoms with Crippen LogP contribution in [0.3, 0.4) is 0 Å². The molecule has 0 saturated heterocycles. The highest BCUT2D eigenvalue weighted by atomic mass is 16.6. The van der Waals surface area contributed by atoms with E-state index in [9.17, 15) is 19.2 Å². The first-order chi connectivity index (χ1) is 27.7. The number of hydrogen-bond donors (Lipinski definition) is 0. The molecule has 0 bridgehead atoms. The third-order valence-electron chi connectivity index (χ3n) is 9.05. The summed E-state index contributed by atoms with van der Waals surface area (Å²) < 4.78 is 39.4. The molecular formula is C47H56O11. The summed E-state index contributed by atoms with van der Waals surface area (Å²) in [6, 6.07) is 26.7. The number of hydrogen-bond acceptors (Lipinski definition) is 11. The minimum atomic E-state index is -0.568. The van der Waals surface area contributed by atoms with Crippen molar-refractivity contribution in [2.75, 3.05) is 26.4 Å². The summed E-state index contributed by atoms with van der Waals surface area (Å²) in [7, 11) is 0. The van der Waals surface area contributed by atoms with Crippen molar-refractivity contribution in [3.8, 4) is 28.4 Å². The Kier molecular flexibility index (Phi) is 17.5. The zero-order valence-corrected chi connectivity index (χ0v) is 34.7. The smallest absolute Gasteiger partial charge is 0.343 e. The van der Waals surface area contributed by atoms with Crippen molar-refractivity contribution in [3.63, 3.8) is 0 Å². The molecule has 0 aliphatic rings. The molecule has 4 aromatic carbocycles. The second-order valence-electron chi connectivity index (χ2n) is 15.0. The number of esters is 4. The molecule has 58 heavy (non-hydrogen) atoms. The largest absolute Gasteiger partial charge is 0.488 e. The standard InChI is InChI=1S/C47H56O11/c1-9-52-44(48)37-12-10-35(11-13-37)36-14-20-41(21-15-36)57-46(50)39-18-24-42(25-19-39)58-45(49)38-16-22-40(23-17-38)56-34(8)29-54-32(6)27-53-33(7)28-55-47(51)43(31(4)5)26-30(2)3/h10-25,30-34,43H,9,26-29H2,1-8H3. The monoisotopic (exact) mass is 796 g/mol. The highest BCUT2D eigenvalue weighted by Crippen LogP contribution is 2.25. The van der Waals surface area contributed by atoms with Crippen molar-refractivity contribution in [3.05, 3.63) is 114 Å². The fraction of sp³-hybridized carbons (Fsp3) is 0.404. The molecule has 0 radical (unpaired) electrons. The summed E-state index contributed by atoms with van der Waals surface area (Å²) in [5.74, 6) is 0.0160. The van der Waals surface area contributed by atoms with Crippen molar-refractivity contribution < 1.29 is 52.3 Å². The van der Waals surface area contributed by atoms with Crippen molar-refractivity contribution in [2.45, 2.75) is 80.1 Å². The van der Waals surface area contributed by atoms with Gasteiger partial charge < -0.3 is 33.2 Å². The van der Waals surface area contributed by atoms with E-state index >= 15 is 0 Å². The van der Waals surface area contributed by atoms with E-state index in [-0.39, 0.29) is 60.0 Å². The molecule has 310 valence electrons. The fourth-order valence-corrected chi connectivity index (χ4v) is 5.81. The average molecular weight is 797 g/mol. The van der Waals surface area contributed by atoms with E-state index in [1.807, 2.05) is 58.9 Å². The molecule has 0 fully saturated rings. The Balaban J connectivity index is 1.16. The van der Waals surface area contributed by atoms with Gasteiger partial charge in [0.2, 0.25) is 0 Å². The van der Waals surface area contributed by atoms with E-state index in [1.54, 1.807) is 55.5 Å². The van der Waals surface area contributed by atoms with Gasteiger partial charge in [-0.15, -0.1) is 0 Å². The van der Waals surface area contributed by atoms with Crippen molar-refractivity contribution >= 4 is 23.9 Å². The van der Waals surface area contributed by atoms with Crippen LogP contribution in [-0.4, -0.2) is 68.6 Å². The number of ether oxygens (including phenoxy) is 7. The summed E-state index contributed by atoms with van der Waals surface area (Å²) in [6.45, 7) is 16.9. The predicted molar refractivity (Wildman–Crippen MR) is 220 cm³/mol. The molecule has 0 heterocycles. The number of carbonyl (C=O) groups excluding carboxylic acids is 4. The van der Waals surface area contributed by atoms with Crippen LogP contribution in [0.4, 0.5) is 0 Å². The Hall–Kier alpha value is -5.52. The van der Waals surface area contributed by atoms with E-state index < -0.39 is 11.9 Å². The van der Waals surface area contributed by atoms with Crippen LogP contribution in [0, 0.1) is 17.8 Å². The Morgan fingerprint density at radius 1 is 0.483 bits per heavy atom. The minimum Gasteiger partial charge on any atom is -0.488 e. The maximum absolute atomic E-state index is 12.8. The number of benzene rings is 4. The van der Waals surface area contributed by atoms with Crippen LogP contribution in [0.25, 0.3) is 11.1 Å². The van der Waals surface area contributed by atoms with E-state index in [4.69, 9.17) is 33.2 Å². The summed E-state index contributed by atoms with van der Waals surface area (Å²) in [5.41, 5.74) is 2.86. The zero-order chi connectivity index (χ0) is 42.2. The molecule has 0 aliphatic carbocycles. The van der Waals surface area contributed by atoms with Crippen LogP contribution < -0.4 is 14.2 Å². The first kappa shape index (κ1) is 45.2. The van der Waals surface area contributed by atoms with Crippen LogP contribution in [-0.2, 0) is 23.7 Å². The van der Waals surface area contributed by atoms with Gasteiger partial charge in [0.15, 0.2) is 0 Å². The minimum absolute atomic E-state index is 0.122. The maximum atomic E-state index is 12.8. The lowest BCUT2D eigenvalue weighted by Gasteiger charge is -2.23. The van der Waals surface area contributed by atoms with Gasteiger partial charge in [-0.3, -0.25) is 4.79 Å². The van der Waals surface area contributed by atoms with Gasteiger partial charge in [-0.25, -0.2) is 14.4 Å². The van der Waals surface area contributed by atoms with Crippen LogP contribution in [0.2, 0.25) is 0 Å². The van der Waals surface area contributed by atoms with Crippen molar-refractivity contribution in [2.24, 2.45) is 17.8 Å². The highest BCUT2D eigenvalue weighted by molar-refractivity contribution is 5.93. The van der Waals surface area contributed by atoms with E-state index in [2.05, 4.69) is 13.8 Å². The summed E-state index contributed by atoms with van der Waals surface area (Å²) in [4.78, 5) is 50.1. The molecule has 4 unspecified atom stereocenters. The van der Waals surface area contributed by atoms with E-state index in [0.29, 0.717) is 48.4 Å². The molecule has 4 rings (SSSR count). The zero-order valence-electron chi connectivity index (χ0n) is 34.7. The van der Waals surface area contributed by atoms with Crippen LogP contribution in [0.5, 0.6) is 17.2 Å². The summed E-state index contributed by atoms with van der Waals surface area (Å²) in [6.07, 6.45) is 0.0469. The molecule has 0 aliphatic heterocycles. The van der Waals surface area contributed by atoms with Gasteiger partial charge >= 0.3 is 23.9 Å². The third kappa shape index (κ3) is 14.5. The fourth-order valence-electron chi connectivity index (χ4n) is 5.81. The lowest BCUT2D eigenvalue weighted by Crippen LogP contribution is -2.30. The Morgan fingerprint density at radius 2 is 0.897 bits per heavy atom. The van der Waals surface area contributed by atoms with Gasteiger partial charge in [0, 0.05) is 0 Å². The number of carbonyl (C=O) groups is 4. The van der Waals surface area contributed by atoms with Gasteiger partial charge in [0.1, 0.15) is 30.0 Å². The maximum Gasteiger partial charge on any atom is 0.343 e. The molecule has 11 heteroatoms. The molecule has 0 N–H and O–H groups in total. The Morgan fingerprint density at radius 3 is 1.38 bits per heavy atom. The highest BCUT2D eigenvalue weighted by Gasteiger charge is 2.25. The van der Waals surface area contributed by atoms with Crippen LogP contribution >= 0.6 is 0 Å².